The largest absolute Gasteiger partial charge is 0.497 e. The van der Waals surface area contributed by atoms with Crippen LogP contribution in [0.3, 0.4) is 0 Å². The first-order valence-electron chi connectivity index (χ1n) is 12.2. The number of halogens is 1. The molecule has 0 saturated carbocycles. The smallest absolute Gasteiger partial charge is 0.258 e. The van der Waals surface area contributed by atoms with Gasteiger partial charge < -0.3 is 4.74 Å². The monoisotopic (exact) mass is 508 g/mol. The summed E-state index contributed by atoms with van der Waals surface area (Å²) in [7, 11) is 1.62. The van der Waals surface area contributed by atoms with Crippen LogP contribution >= 0.6 is 11.6 Å². The van der Waals surface area contributed by atoms with Crippen LogP contribution in [0.2, 0.25) is 0 Å². The highest BCUT2D eigenvalue weighted by atomic mass is 35.5. The molecule has 2 aliphatic rings. The quantitative estimate of drug-likeness (QED) is 0.239. The van der Waals surface area contributed by atoms with E-state index in [-0.39, 0.29) is 17.9 Å². The van der Waals surface area contributed by atoms with Crippen molar-refractivity contribution >= 4 is 34.8 Å². The van der Waals surface area contributed by atoms with E-state index in [4.69, 9.17) is 16.3 Å². The molecule has 0 spiro atoms. The van der Waals surface area contributed by atoms with Crippen molar-refractivity contribution in [2.45, 2.75) is 23.4 Å². The van der Waals surface area contributed by atoms with Gasteiger partial charge in [-0.05, 0) is 47.5 Å². The van der Waals surface area contributed by atoms with Gasteiger partial charge in [0.1, 0.15) is 16.7 Å². The molecular formula is C31H25ClN2O3. The van der Waals surface area contributed by atoms with E-state index in [2.05, 4.69) is 0 Å². The van der Waals surface area contributed by atoms with E-state index < -0.39 is 10.9 Å². The molecule has 0 bridgehead atoms. The van der Waals surface area contributed by atoms with Crippen LogP contribution in [0.5, 0.6) is 5.75 Å². The summed E-state index contributed by atoms with van der Waals surface area (Å²) in [4.78, 5) is 31.3. The minimum Gasteiger partial charge on any atom is -0.497 e. The molecule has 6 rings (SSSR count). The van der Waals surface area contributed by atoms with Crippen LogP contribution < -0.4 is 14.5 Å². The van der Waals surface area contributed by atoms with Crippen molar-refractivity contribution in [3.8, 4) is 5.75 Å². The predicted molar refractivity (Wildman–Crippen MR) is 145 cm³/mol. The number of hydrogen-bond donors (Lipinski definition) is 0. The Hall–Kier alpha value is -4.09. The van der Waals surface area contributed by atoms with Crippen LogP contribution in [0.15, 0.2) is 109 Å². The summed E-state index contributed by atoms with van der Waals surface area (Å²) in [5.74, 6) is 0.414. The zero-order valence-electron chi connectivity index (χ0n) is 20.3. The Balaban J connectivity index is 1.61. The van der Waals surface area contributed by atoms with Crippen molar-refractivity contribution < 1.29 is 14.3 Å². The Kier molecular flexibility index (Phi) is 5.73. The molecular weight excluding hydrogens is 484 g/mol. The van der Waals surface area contributed by atoms with Gasteiger partial charge in [0.25, 0.3) is 5.91 Å². The SMILES string of the molecule is COc1ccc([C@]23C[C@@H](c4ccccc4)N(C(=O)c4ccccc4)c4ccccc4N2C(=O)[C@H]3Cl)cc1. The molecule has 0 aromatic heterocycles. The Morgan fingerprint density at radius 3 is 2.08 bits per heavy atom. The fourth-order valence-corrected chi connectivity index (χ4v) is 6.10. The van der Waals surface area contributed by atoms with Gasteiger partial charge in [-0.2, -0.15) is 0 Å². The molecule has 0 radical (unpaired) electrons. The first-order chi connectivity index (χ1) is 18.1. The van der Waals surface area contributed by atoms with Gasteiger partial charge in [0.05, 0.1) is 24.5 Å². The highest BCUT2D eigenvalue weighted by Gasteiger charge is 2.64. The number of carbonyl (C=O) groups excluding carboxylic acids is 2. The minimum absolute atomic E-state index is 0.132. The number of alkyl halides is 1. The molecule has 5 nitrogen and oxygen atoms in total. The highest BCUT2D eigenvalue weighted by Crippen LogP contribution is 2.58. The molecule has 184 valence electrons. The fourth-order valence-electron chi connectivity index (χ4n) is 5.69. The Bertz CT molecular complexity index is 1460. The van der Waals surface area contributed by atoms with E-state index in [1.807, 2.05) is 114 Å². The number of methoxy groups -OCH3 is 1. The lowest BCUT2D eigenvalue weighted by molar-refractivity contribution is -0.127. The van der Waals surface area contributed by atoms with Crippen molar-refractivity contribution in [1.29, 1.82) is 0 Å². The molecule has 2 heterocycles. The number of anilines is 2. The lowest BCUT2D eigenvalue weighted by Crippen LogP contribution is -2.70. The van der Waals surface area contributed by atoms with Crippen LogP contribution in [-0.4, -0.2) is 24.3 Å². The lowest BCUT2D eigenvalue weighted by Gasteiger charge is -2.55. The van der Waals surface area contributed by atoms with Gasteiger partial charge in [0, 0.05) is 12.0 Å². The van der Waals surface area contributed by atoms with E-state index in [0.29, 0.717) is 23.4 Å². The number of nitrogens with zero attached hydrogens (tertiary/aromatic N) is 2. The van der Waals surface area contributed by atoms with Crippen molar-refractivity contribution in [1.82, 2.24) is 0 Å². The maximum absolute atomic E-state index is 14.2. The summed E-state index contributed by atoms with van der Waals surface area (Å²) in [6.07, 6.45) is 0.427. The summed E-state index contributed by atoms with van der Waals surface area (Å²) < 4.78 is 5.38. The summed E-state index contributed by atoms with van der Waals surface area (Å²) in [6.45, 7) is 0. The summed E-state index contributed by atoms with van der Waals surface area (Å²) >= 11 is 6.95. The molecule has 0 N–H and O–H groups in total. The molecule has 1 saturated heterocycles. The maximum Gasteiger partial charge on any atom is 0.258 e. The van der Waals surface area contributed by atoms with E-state index in [1.165, 1.54) is 0 Å². The van der Waals surface area contributed by atoms with E-state index in [1.54, 1.807) is 12.0 Å². The third-order valence-electron chi connectivity index (χ3n) is 7.47. The van der Waals surface area contributed by atoms with Crippen LogP contribution in [-0.2, 0) is 10.3 Å². The second kappa shape index (κ2) is 9.09. The van der Waals surface area contributed by atoms with Crippen molar-refractivity contribution in [2.24, 2.45) is 0 Å². The number of benzene rings is 4. The van der Waals surface area contributed by atoms with Crippen LogP contribution in [0.1, 0.15) is 33.9 Å². The van der Waals surface area contributed by atoms with Gasteiger partial charge in [-0.15, -0.1) is 11.6 Å². The Morgan fingerprint density at radius 2 is 1.43 bits per heavy atom. The second-order valence-corrected chi connectivity index (χ2v) is 9.79. The van der Waals surface area contributed by atoms with Gasteiger partial charge in [-0.25, -0.2) is 0 Å². The van der Waals surface area contributed by atoms with E-state index in [0.717, 1.165) is 16.9 Å². The number of β-lactam (4-membered cyclic amide) rings is 1. The Labute approximate surface area is 220 Å². The molecule has 37 heavy (non-hydrogen) atoms. The fraction of sp³-hybridized carbons (Fsp3) is 0.161. The third kappa shape index (κ3) is 3.53. The van der Waals surface area contributed by atoms with Gasteiger partial charge in [0.2, 0.25) is 5.91 Å². The summed E-state index contributed by atoms with van der Waals surface area (Å²) in [5, 5.41) is -0.785. The zero-order chi connectivity index (χ0) is 25.6. The molecule has 3 atom stereocenters. The summed E-state index contributed by atoms with van der Waals surface area (Å²) in [6, 6.07) is 34.1. The number of hydrogen-bond acceptors (Lipinski definition) is 3. The lowest BCUT2D eigenvalue weighted by atomic mass is 9.71. The molecule has 6 heteroatoms. The normalized spacial score (nSPS) is 22.4. The predicted octanol–water partition coefficient (Wildman–Crippen LogP) is 6.34. The molecule has 1 fully saturated rings. The first kappa shape index (κ1) is 23.3. The number of fused-ring (bicyclic) bond motifs is 3. The second-order valence-electron chi connectivity index (χ2n) is 9.35. The topological polar surface area (TPSA) is 49.9 Å². The van der Waals surface area contributed by atoms with Gasteiger partial charge in [0.15, 0.2) is 0 Å². The van der Waals surface area contributed by atoms with Crippen LogP contribution in [0.25, 0.3) is 0 Å². The number of rotatable bonds is 4. The highest BCUT2D eigenvalue weighted by molar-refractivity contribution is 6.38. The van der Waals surface area contributed by atoms with E-state index in [9.17, 15) is 9.59 Å². The van der Waals surface area contributed by atoms with Crippen LogP contribution in [0.4, 0.5) is 11.4 Å². The third-order valence-corrected chi connectivity index (χ3v) is 8.02. The Morgan fingerprint density at radius 1 is 0.838 bits per heavy atom. The molecule has 4 aromatic carbocycles. The van der Waals surface area contributed by atoms with Gasteiger partial charge >= 0.3 is 0 Å². The average molecular weight is 509 g/mol. The zero-order valence-corrected chi connectivity index (χ0v) is 21.0. The van der Waals surface area contributed by atoms with Gasteiger partial charge in [-0.1, -0.05) is 72.8 Å². The van der Waals surface area contributed by atoms with Crippen molar-refractivity contribution in [3.63, 3.8) is 0 Å². The standard InChI is InChI=1S/C31H25ClN2O3/c1-37-24-18-16-23(17-19-24)31-20-27(21-10-4-2-5-11-21)33(29(35)22-12-6-3-7-13-22)25-14-8-9-15-26(25)34(31)30(36)28(31)32/h2-19,27-28H,20H2,1H3/t27-,28+,31-/m0/s1. The first-order valence-corrected chi connectivity index (χ1v) is 12.6. The molecule has 0 aliphatic carbocycles. The molecule has 4 aromatic rings. The van der Waals surface area contributed by atoms with Gasteiger partial charge in [-0.3, -0.25) is 19.4 Å². The molecule has 2 amide bonds. The maximum atomic E-state index is 14.2. The molecule has 0 unspecified atom stereocenters. The summed E-state index contributed by atoms with van der Waals surface area (Å²) in [5.41, 5.74) is 2.94. The number of amides is 2. The minimum atomic E-state index is -0.854. The number of carbonyl (C=O) groups is 2. The van der Waals surface area contributed by atoms with Crippen molar-refractivity contribution in [2.75, 3.05) is 16.9 Å². The molecule has 2 aliphatic heterocycles. The van der Waals surface area contributed by atoms with Crippen molar-refractivity contribution in [3.05, 3.63) is 126 Å². The number of para-hydroxylation sites is 2. The van der Waals surface area contributed by atoms with E-state index >= 15 is 0 Å². The number of ether oxygens (including phenoxy) is 1. The van der Waals surface area contributed by atoms with Crippen LogP contribution in [0, 0.1) is 0 Å². The average Bonchev–Trinajstić information content (AvgIpc) is 3.09.